The number of piperazine rings is 1. The number of carbonyl (C=O) groups is 3. The minimum absolute atomic E-state index is 0.0131. The average molecular weight is 325 g/mol. The van der Waals surface area contributed by atoms with Gasteiger partial charge in [0, 0.05) is 44.9 Å². The molecule has 3 amide bonds. The first-order chi connectivity index (χ1) is 10.8. The predicted octanol–water partition coefficient (Wildman–Crippen LogP) is 1.24. The van der Waals surface area contributed by atoms with Crippen LogP contribution >= 0.6 is 0 Å². The summed E-state index contributed by atoms with van der Waals surface area (Å²) in [7, 11) is 0. The Morgan fingerprint density at radius 3 is 1.91 bits per heavy atom. The number of nitrogens with zero attached hydrogens (tertiary/aromatic N) is 2. The van der Waals surface area contributed by atoms with E-state index in [2.05, 4.69) is 13.8 Å². The highest BCUT2D eigenvalue weighted by atomic mass is 16.2. The van der Waals surface area contributed by atoms with E-state index in [1.165, 1.54) is 0 Å². The van der Waals surface area contributed by atoms with Crippen LogP contribution in [0.15, 0.2) is 0 Å². The highest BCUT2D eigenvalue weighted by Crippen LogP contribution is 2.27. The van der Waals surface area contributed by atoms with Crippen LogP contribution in [0.2, 0.25) is 0 Å². The summed E-state index contributed by atoms with van der Waals surface area (Å²) in [6, 6.07) is 0. The Morgan fingerprint density at radius 1 is 1.00 bits per heavy atom. The van der Waals surface area contributed by atoms with E-state index in [4.69, 9.17) is 5.73 Å². The van der Waals surface area contributed by atoms with Gasteiger partial charge in [0.2, 0.25) is 17.7 Å². The van der Waals surface area contributed by atoms with Crippen LogP contribution in [0.5, 0.6) is 0 Å². The Hall–Kier alpha value is -1.59. The zero-order valence-corrected chi connectivity index (χ0v) is 14.9. The largest absolute Gasteiger partial charge is 0.369 e. The van der Waals surface area contributed by atoms with Gasteiger partial charge in [0.15, 0.2) is 0 Å². The summed E-state index contributed by atoms with van der Waals surface area (Å²) in [5, 5.41) is 0. The third kappa shape index (κ3) is 5.52. The zero-order valence-electron chi connectivity index (χ0n) is 14.9. The minimum Gasteiger partial charge on any atom is -0.369 e. The van der Waals surface area contributed by atoms with Gasteiger partial charge >= 0.3 is 0 Å². The van der Waals surface area contributed by atoms with Crippen molar-refractivity contribution in [1.82, 2.24) is 9.80 Å². The molecular formula is C17H31N3O3. The number of hydrogen-bond donors (Lipinski definition) is 1. The smallest absolute Gasteiger partial charge is 0.226 e. The van der Waals surface area contributed by atoms with E-state index in [0.717, 1.165) is 6.42 Å². The van der Waals surface area contributed by atoms with Gasteiger partial charge in [-0.3, -0.25) is 14.4 Å². The lowest BCUT2D eigenvalue weighted by atomic mass is 9.81. The van der Waals surface area contributed by atoms with Crippen LogP contribution in [-0.2, 0) is 14.4 Å². The van der Waals surface area contributed by atoms with Crippen molar-refractivity contribution < 1.29 is 14.4 Å². The van der Waals surface area contributed by atoms with Crippen molar-refractivity contribution in [2.24, 2.45) is 23.5 Å². The minimum atomic E-state index is -0.402. The van der Waals surface area contributed by atoms with Gasteiger partial charge in [0.05, 0.1) is 0 Å². The second kappa shape index (κ2) is 8.89. The Bertz CT molecular complexity index is 429. The topological polar surface area (TPSA) is 83.7 Å². The van der Waals surface area contributed by atoms with Crippen molar-refractivity contribution in [3.63, 3.8) is 0 Å². The van der Waals surface area contributed by atoms with Crippen LogP contribution in [0.25, 0.3) is 0 Å². The molecule has 6 heteroatoms. The summed E-state index contributed by atoms with van der Waals surface area (Å²) < 4.78 is 0. The van der Waals surface area contributed by atoms with Crippen molar-refractivity contribution in [2.75, 3.05) is 26.2 Å². The van der Waals surface area contributed by atoms with E-state index in [0.29, 0.717) is 44.9 Å². The van der Waals surface area contributed by atoms with Crippen molar-refractivity contribution in [2.45, 2.75) is 47.0 Å². The Balaban J connectivity index is 2.83. The highest BCUT2D eigenvalue weighted by Gasteiger charge is 2.36. The van der Waals surface area contributed by atoms with Crippen LogP contribution in [-0.4, -0.2) is 53.7 Å². The SMILES string of the molecule is CCC[C@H](C(N)=O)[C@@H](CC(C)C)C(=O)N1CCN(C(C)=O)CC1. The lowest BCUT2D eigenvalue weighted by molar-refractivity contribution is -0.145. The molecule has 1 aliphatic rings. The summed E-state index contributed by atoms with van der Waals surface area (Å²) in [6.45, 7) is 9.84. The molecule has 132 valence electrons. The first-order valence-corrected chi connectivity index (χ1v) is 8.61. The number of primary amides is 1. The fourth-order valence-corrected chi connectivity index (χ4v) is 3.27. The lowest BCUT2D eigenvalue weighted by Gasteiger charge is -2.37. The Morgan fingerprint density at radius 2 is 1.52 bits per heavy atom. The molecule has 1 aliphatic heterocycles. The molecule has 1 heterocycles. The number of hydrogen-bond acceptors (Lipinski definition) is 3. The van der Waals surface area contributed by atoms with E-state index >= 15 is 0 Å². The van der Waals surface area contributed by atoms with Gasteiger partial charge in [-0.15, -0.1) is 0 Å². The third-order valence-electron chi connectivity index (χ3n) is 4.53. The van der Waals surface area contributed by atoms with E-state index in [9.17, 15) is 14.4 Å². The molecule has 6 nitrogen and oxygen atoms in total. The van der Waals surface area contributed by atoms with Gasteiger partial charge in [-0.25, -0.2) is 0 Å². The van der Waals surface area contributed by atoms with Crippen LogP contribution in [0.1, 0.15) is 47.0 Å². The average Bonchev–Trinajstić information content (AvgIpc) is 2.49. The summed E-state index contributed by atoms with van der Waals surface area (Å²) in [6.07, 6.45) is 2.14. The molecule has 0 spiro atoms. The molecule has 0 bridgehead atoms. The first kappa shape index (κ1) is 19.5. The molecule has 1 fully saturated rings. The monoisotopic (exact) mass is 325 g/mol. The fraction of sp³-hybridized carbons (Fsp3) is 0.824. The number of amides is 3. The maximum atomic E-state index is 12.9. The maximum absolute atomic E-state index is 12.9. The molecular weight excluding hydrogens is 294 g/mol. The van der Waals surface area contributed by atoms with Gasteiger partial charge < -0.3 is 15.5 Å². The van der Waals surface area contributed by atoms with Gasteiger partial charge in [0.25, 0.3) is 0 Å². The van der Waals surface area contributed by atoms with Gasteiger partial charge in [-0.1, -0.05) is 27.2 Å². The second-order valence-electron chi connectivity index (χ2n) is 6.86. The van der Waals surface area contributed by atoms with E-state index < -0.39 is 5.92 Å². The van der Waals surface area contributed by atoms with E-state index in [-0.39, 0.29) is 23.6 Å². The third-order valence-corrected chi connectivity index (χ3v) is 4.53. The molecule has 2 atom stereocenters. The molecule has 0 aromatic carbocycles. The number of rotatable bonds is 7. The number of carbonyl (C=O) groups excluding carboxylic acids is 3. The highest BCUT2D eigenvalue weighted by molar-refractivity contribution is 5.87. The molecule has 1 saturated heterocycles. The molecule has 1 rings (SSSR count). The Labute approximate surface area is 139 Å². The maximum Gasteiger partial charge on any atom is 0.226 e. The van der Waals surface area contributed by atoms with Crippen LogP contribution in [0, 0.1) is 17.8 Å². The quantitative estimate of drug-likeness (QED) is 0.764. The van der Waals surface area contributed by atoms with Crippen LogP contribution < -0.4 is 5.73 Å². The normalized spacial score (nSPS) is 18.0. The van der Waals surface area contributed by atoms with Gasteiger partial charge in [-0.2, -0.15) is 0 Å². The molecule has 0 aromatic heterocycles. The fourth-order valence-electron chi connectivity index (χ4n) is 3.27. The van der Waals surface area contributed by atoms with E-state index in [1.54, 1.807) is 16.7 Å². The van der Waals surface area contributed by atoms with Crippen molar-refractivity contribution in [3.8, 4) is 0 Å². The second-order valence-corrected chi connectivity index (χ2v) is 6.86. The Kier molecular flexibility index (Phi) is 7.52. The predicted molar refractivity (Wildman–Crippen MR) is 89.4 cm³/mol. The van der Waals surface area contributed by atoms with Crippen LogP contribution in [0.3, 0.4) is 0 Å². The molecule has 0 radical (unpaired) electrons. The standard InChI is InChI=1S/C17H31N3O3/c1-5-6-14(16(18)22)15(11-12(2)3)17(23)20-9-7-19(8-10-20)13(4)21/h12,14-15H,5-11H2,1-4H3,(H2,18,22)/t14-,15+/m0/s1. The molecule has 23 heavy (non-hydrogen) atoms. The summed E-state index contributed by atoms with van der Waals surface area (Å²) in [5.41, 5.74) is 5.57. The van der Waals surface area contributed by atoms with Crippen molar-refractivity contribution in [1.29, 1.82) is 0 Å². The first-order valence-electron chi connectivity index (χ1n) is 8.61. The molecule has 0 aliphatic carbocycles. The summed E-state index contributed by atoms with van der Waals surface area (Å²) >= 11 is 0. The lowest BCUT2D eigenvalue weighted by Crippen LogP contribution is -2.53. The van der Waals surface area contributed by atoms with E-state index in [1.807, 2.05) is 6.92 Å². The van der Waals surface area contributed by atoms with Crippen molar-refractivity contribution >= 4 is 17.7 Å². The van der Waals surface area contributed by atoms with Gasteiger partial charge in [-0.05, 0) is 18.8 Å². The molecule has 0 unspecified atom stereocenters. The summed E-state index contributed by atoms with van der Waals surface area (Å²) in [4.78, 5) is 39.7. The zero-order chi connectivity index (χ0) is 17.6. The summed E-state index contributed by atoms with van der Waals surface area (Å²) in [5.74, 6) is -0.762. The molecule has 2 N–H and O–H groups in total. The number of nitrogens with two attached hydrogens (primary N) is 1. The van der Waals surface area contributed by atoms with Crippen molar-refractivity contribution in [3.05, 3.63) is 0 Å². The van der Waals surface area contributed by atoms with Gasteiger partial charge in [0.1, 0.15) is 0 Å². The molecule has 0 saturated carbocycles. The van der Waals surface area contributed by atoms with Crippen LogP contribution in [0.4, 0.5) is 0 Å². The molecule has 0 aromatic rings.